The van der Waals surface area contributed by atoms with Gasteiger partial charge in [-0.25, -0.2) is 4.68 Å². The van der Waals surface area contributed by atoms with E-state index >= 15 is 0 Å². The average molecular weight is 335 g/mol. The minimum absolute atomic E-state index is 0. The Labute approximate surface area is 142 Å². The third-order valence-corrected chi connectivity index (χ3v) is 4.64. The summed E-state index contributed by atoms with van der Waals surface area (Å²) in [6.07, 6.45) is 3.73. The number of ether oxygens (including phenoxy) is 1. The Morgan fingerprint density at radius 1 is 1.26 bits per heavy atom. The molecule has 0 spiro atoms. The second kappa shape index (κ2) is 6.91. The number of hydrogen-bond acceptors (Lipinski definition) is 4. The van der Waals surface area contributed by atoms with E-state index in [1.807, 2.05) is 35.0 Å². The molecule has 0 amide bonds. The minimum atomic E-state index is 0. The van der Waals surface area contributed by atoms with E-state index in [0.717, 1.165) is 49.9 Å². The topological polar surface area (TPSA) is 56.3 Å². The number of para-hydroxylation sites is 1. The summed E-state index contributed by atoms with van der Waals surface area (Å²) < 4.78 is 7.63. The zero-order valence-corrected chi connectivity index (χ0v) is 14.0. The summed E-state index contributed by atoms with van der Waals surface area (Å²) in [6, 6.07) is 10.1. The van der Waals surface area contributed by atoms with Crippen molar-refractivity contribution < 1.29 is 4.74 Å². The van der Waals surface area contributed by atoms with E-state index in [9.17, 15) is 0 Å². The predicted octanol–water partition coefficient (Wildman–Crippen LogP) is 2.41. The van der Waals surface area contributed by atoms with Crippen LogP contribution in [0.1, 0.15) is 24.1 Å². The van der Waals surface area contributed by atoms with E-state index in [2.05, 4.69) is 4.90 Å². The average Bonchev–Trinajstić information content (AvgIpc) is 3.17. The smallest absolute Gasteiger partial charge is 0.132 e. The van der Waals surface area contributed by atoms with Crippen LogP contribution in [0.4, 0.5) is 5.82 Å². The zero-order valence-electron chi connectivity index (χ0n) is 13.1. The molecule has 0 bridgehead atoms. The van der Waals surface area contributed by atoms with Crippen LogP contribution in [0.25, 0.3) is 5.69 Å². The molecule has 23 heavy (non-hydrogen) atoms. The molecule has 2 N–H and O–H groups in total. The van der Waals surface area contributed by atoms with Gasteiger partial charge < -0.3 is 10.5 Å². The Balaban J connectivity index is 0.00000156. The fourth-order valence-corrected chi connectivity index (χ4v) is 3.45. The molecular weight excluding hydrogens is 312 g/mol. The van der Waals surface area contributed by atoms with Gasteiger partial charge in [0.2, 0.25) is 0 Å². The third-order valence-electron chi connectivity index (χ3n) is 4.64. The number of benzene rings is 1. The molecule has 5 nitrogen and oxygen atoms in total. The van der Waals surface area contributed by atoms with Crippen LogP contribution in [0.3, 0.4) is 0 Å². The van der Waals surface area contributed by atoms with Crippen LogP contribution in [-0.2, 0) is 17.7 Å². The molecule has 6 heteroatoms. The molecule has 4 rings (SSSR count). The third kappa shape index (κ3) is 3.22. The van der Waals surface area contributed by atoms with Gasteiger partial charge in [0, 0.05) is 38.2 Å². The van der Waals surface area contributed by atoms with Crippen LogP contribution in [0.15, 0.2) is 30.3 Å². The zero-order chi connectivity index (χ0) is 14.9. The van der Waals surface area contributed by atoms with Crippen molar-refractivity contribution in [1.29, 1.82) is 0 Å². The van der Waals surface area contributed by atoms with Crippen molar-refractivity contribution in [2.24, 2.45) is 0 Å². The van der Waals surface area contributed by atoms with Crippen LogP contribution in [0, 0.1) is 0 Å². The number of hydrogen-bond donors (Lipinski definition) is 1. The van der Waals surface area contributed by atoms with Gasteiger partial charge in [-0.2, -0.15) is 5.10 Å². The number of nitrogen functional groups attached to an aromatic ring is 1. The maximum Gasteiger partial charge on any atom is 0.132 e. The Kier molecular flexibility index (Phi) is 4.90. The van der Waals surface area contributed by atoms with Crippen LogP contribution >= 0.6 is 12.4 Å². The number of anilines is 1. The first-order valence-corrected chi connectivity index (χ1v) is 8.07. The summed E-state index contributed by atoms with van der Waals surface area (Å²) in [7, 11) is 0. The van der Waals surface area contributed by atoms with Gasteiger partial charge in [0.15, 0.2) is 0 Å². The molecule has 1 aromatic carbocycles. The SMILES string of the molecule is Cl.Nc1c2c(nn1-c1ccccc1)CCN(CC1CCCO1)C2. The molecule has 3 heterocycles. The molecular formula is C17H23ClN4O. The molecule has 2 aliphatic heterocycles. The molecule has 2 aromatic rings. The largest absolute Gasteiger partial charge is 0.383 e. The van der Waals surface area contributed by atoms with Gasteiger partial charge in [-0.3, -0.25) is 4.90 Å². The monoisotopic (exact) mass is 334 g/mol. The first-order valence-electron chi connectivity index (χ1n) is 8.07. The highest BCUT2D eigenvalue weighted by atomic mass is 35.5. The molecule has 1 atom stereocenters. The van der Waals surface area contributed by atoms with Crippen molar-refractivity contribution in [2.75, 3.05) is 25.4 Å². The molecule has 2 aliphatic rings. The molecule has 1 unspecified atom stereocenters. The number of nitrogens with zero attached hydrogens (tertiary/aromatic N) is 3. The van der Waals surface area contributed by atoms with E-state index in [1.54, 1.807) is 0 Å². The van der Waals surface area contributed by atoms with Crippen LogP contribution in [0.2, 0.25) is 0 Å². The normalized spacial score (nSPS) is 21.0. The fourth-order valence-electron chi connectivity index (χ4n) is 3.45. The van der Waals surface area contributed by atoms with Crippen molar-refractivity contribution in [2.45, 2.75) is 31.9 Å². The first kappa shape index (κ1) is 16.3. The van der Waals surface area contributed by atoms with Crippen LogP contribution in [-0.4, -0.2) is 40.5 Å². The van der Waals surface area contributed by atoms with E-state index < -0.39 is 0 Å². The number of halogens is 1. The summed E-state index contributed by atoms with van der Waals surface area (Å²) in [4.78, 5) is 2.45. The fraction of sp³-hybridized carbons (Fsp3) is 0.471. The van der Waals surface area contributed by atoms with E-state index in [1.165, 1.54) is 18.4 Å². The number of rotatable bonds is 3. The Morgan fingerprint density at radius 2 is 2.09 bits per heavy atom. The maximum atomic E-state index is 6.37. The molecule has 0 aliphatic carbocycles. The summed E-state index contributed by atoms with van der Waals surface area (Å²) in [5, 5.41) is 4.72. The lowest BCUT2D eigenvalue weighted by molar-refractivity contribution is 0.0688. The van der Waals surface area contributed by atoms with Gasteiger partial charge in [0.05, 0.1) is 17.5 Å². The molecule has 1 saturated heterocycles. The molecule has 124 valence electrons. The standard InChI is InChI=1S/C17H22N4O.ClH/c18-17-15-12-20(11-14-7-4-10-22-14)9-8-16(15)19-21(17)13-5-2-1-3-6-13;/h1-3,5-6,14H,4,7-12,18H2;1H. The second-order valence-corrected chi connectivity index (χ2v) is 6.18. The quantitative estimate of drug-likeness (QED) is 0.936. The van der Waals surface area contributed by atoms with Gasteiger partial charge in [-0.15, -0.1) is 12.4 Å². The molecule has 1 fully saturated rings. The highest BCUT2D eigenvalue weighted by molar-refractivity contribution is 5.85. The summed E-state index contributed by atoms with van der Waals surface area (Å²) >= 11 is 0. The molecule has 1 aromatic heterocycles. The van der Waals surface area contributed by atoms with Crippen LogP contribution in [0.5, 0.6) is 0 Å². The van der Waals surface area contributed by atoms with Gasteiger partial charge >= 0.3 is 0 Å². The van der Waals surface area contributed by atoms with Gasteiger partial charge in [-0.05, 0) is 25.0 Å². The lowest BCUT2D eigenvalue weighted by Gasteiger charge is -2.28. The number of fused-ring (bicyclic) bond motifs is 1. The molecule has 0 saturated carbocycles. The van der Waals surface area contributed by atoms with E-state index in [4.69, 9.17) is 15.6 Å². The predicted molar refractivity (Wildman–Crippen MR) is 93.2 cm³/mol. The molecule has 0 radical (unpaired) electrons. The number of nitrogens with two attached hydrogens (primary N) is 1. The summed E-state index contributed by atoms with van der Waals surface area (Å²) in [5.41, 5.74) is 9.73. The highest BCUT2D eigenvalue weighted by Crippen LogP contribution is 2.27. The number of aromatic nitrogens is 2. The van der Waals surface area contributed by atoms with Crippen molar-refractivity contribution >= 4 is 18.2 Å². The Morgan fingerprint density at radius 3 is 2.83 bits per heavy atom. The lowest BCUT2D eigenvalue weighted by Crippen LogP contribution is -2.36. The first-order chi connectivity index (χ1) is 10.8. The highest BCUT2D eigenvalue weighted by Gasteiger charge is 2.26. The van der Waals surface area contributed by atoms with E-state index in [0.29, 0.717) is 6.10 Å². The minimum Gasteiger partial charge on any atom is -0.383 e. The van der Waals surface area contributed by atoms with Gasteiger partial charge in [0.1, 0.15) is 5.82 Å². The summed E-state index contributed by atoms with van der Waals surface area (Å²) in [6.45, 7) is 3.85. The second-order valence-electron chi connectivity index (χ2n) is 6.18. The van der Waals surface area contributed by atoms with Crippen molar-refractivity contribution in [1.82, 2.24) is 14.7 Å². The van der Waals surface area contributed by atoms with Gasteiger partial charge in [-0.1, -0.05) is 18.2 Å². The van der Waals surface area contributed by atoms with Crippen LogP contribution < -0.4 is 5.73 Å². The van der Waals surface area contributed by atoms with E-state index in [-0.39, 0.29) is 12.4 Å². The maximum absolute atomic E-state index is 6.37. The van der Waals surface area contributed by atoms with Gasteiger partial charge in [0.25, 0.3) is 0 Å². The lowest BCUT2D eigenvalue weighted by atomic mass is 10.1. The van der Waals surface area contributed by atoms with Crippen molar-refractivity contribution in [3.8, 4) is 5.69 Å². The summed E-state index contributed by atoms with van der Waals surface area (Å²) in [5.74, 6) is 0.776. The van der Waals surface area contributed by atoms with Crippen molar-refractivity contribution in [3.63, 3.8) is 0 Å². The Bertz CT molecular complexity index is 652. The Hall–Kier alpha value is -1.56. The van der Waals surface area contributed by atoms with Crippen molar-refractivity contribution in [3.05, 3.63) is 41.6 Å².